The van der Waals surface area contributed by atoms with Crippen LogP contribution in [0.4, 0.5) is 0 Å². The summed E-state index contributed by atoms with van der Waals surface area (Å²) in [4.78, 5) is 16.6. The summed E-state index contributed by atoms with van der Waals surface area (Å²) in [6, 6.07) is 0.748. The van der Waals surface area contributed by atoms with Crippen LogP contribution in [0.1, 0.15) is 33.6 Å². The largest absolute Gasteiger partial charge is 0.337 e. The van der Waals surface area contributed by atoms with E-state index >= 15 is 0 Å². The Hall–Kier alpha value is -0.610. The van der Waals surface area contributed by atoms with Gasteiger partial charge in [0.2, 0.25) is 5.91 Å². The number of hydrogen-bond donors (Lipinski definition) is 1. The van der Waals surface area contributed by atoms with Gasteiger partial charge < -0.3 is 15.1 Å². The van der Waals surface area contributed by atoms with Gasteiger partial charge in [-0.05, 0) is 26.4 Å². The Morgan fingerprint density at radius 1 is 1.41 bits per heavy atom. The van der Waals surface area contributed by atoms with Crippen LogP contribution in [0, 0.1) is 0 Å². The SMILES string of the molecule is CCC1CN(C)CCCN1C(=O)CNC(C)C. The minimum atomic E-state index is 0.251. The topological polar surface area (TPSA) is 35.6 Å². The molecule has 17 heavy (non-hydrogen) atoms. The van der Waals surface area contributed by atoms with Crippen LogP contribution in [0.15, 0.2) is 0 Å². The lowest BCUT2D eigenvalue weighted by molar-refractivity contribution is -0.132. The van der Waals surface area contributed by atoms with Gasteiger partial charge >= 0.3 is 0 Å². The maximum Gasteiger partial charge on any atom is 0.236 e. The van der Waals surface area contributed by atoms with Crippen molar-refractivity contribution < 1.29 is 4.79 Å². The number of rotatable bonds is 4. The third kappa shape index (κ3) is 4.64. The summed E-state index contributed by atoms with van der Waals surface area (Å²) < 4.78 is 0. The number of nitrogens with one attached hydrogen (secondary N) is 1. The molecule has 0 aromatic rings. The molecule has 4 nitrogen and oxygen atoms in total. The summed E-state index contributed by atoms with van der Waals surface area (Å²) in [6.07, 6.45) is 2.12. The van der Waals surface area contributed by atoms with Crippen molar-refractivity contribution in [3.05, 3.63) is 0 Å². The molecule has 1 rings (SSSR count). The molecule has 0 radical (unpaired) electrons. The first-order chi connectivity index (χ1) is 8.04. The Morgan fingerprint density at radius 3 is 2.71 bits per heavy atom. The highest BCUT2D eigenvalue weighted by molar-refractivity contribution is 5.78. The number of likely N-dealkylation sites (N-methyl/N-ethyl adjacent to an activating group) is 1. The van der Waals surface area contributed by atoms with Gasteiger partial charge in [0.1, 0.15) is 0 Å². The zero-order chi connectivity index (χ0) is 12.8. The van der Waals surface area contributed by atoms with Gasteiger partial charge in [-0.15, -0.1) is 0 Å². The zero-order valence-electron chi connectivity index (χ0n) is 11.7. The Kier molecular flexibility index (Phi) is 5.92. The van der Waals surface area contributed by atoms with E-state index in [4.69, 9.17) is 0 Å². The summed E-state index contributed by atoms with van der Waals surface area (Å²) in [7, 11) is 2.14. The number of amides is 1. The van der Waals surface area contributed by atoms with Crippen molar-refractivity contribution in [3.63, 3.8) is 0 Å². The van der Waals surface area contributed by atoms with Crippen LogP contribution in [0.3, 0.4) is 0 Å². The van der Waals surface area contributed by atoms with E-state index in [2.05, 4.69) is 42.9 Å². The zero-order valence-corrected chi connectivity index (χ0v) is 11.7. The van der Waals surface area contributed by atoms with Gasteiger partial charge in [-0.2, -0.15) is 0 Å². The van der Waals surface area contributed by atoms with Crippen LogP contribution < -0.4 is 5.32 Å². The van der Waals surface area contributed by atoms with E-state index in [1.807, 2.05) is 0 Å². The molecule has 1 unspecified atom stereocenters. The highest BCUT2D eigenvalue weighted by atomic mass is 16.2. The molecular formula is C13H27N3O. The monoisotopic (exact) mass is 241 g/mol. The second-order valence-corrected chi connectivity index (χ2v) is 5.30. The minimum absolute atomic E-state index is 0.251. The summed E-state index contributed by atoms with van der Waals surface area (Å²) in [6.45, 7) is 9.78. The van der Waals surface area contributed by atoms with Crippen molar-refractivity contribution in [3.8, 4) is 0 Å². The normalized spacial score (nSPS) is 22.9. The molecule has 1 aliphatic heterocycles. The maximum absolute atomic E-state index is 12.2. The molecule has 0 saturated carbocycles. The lowest BCUT2D eigenvalue weighted by Crippen LogP contribution is -2.47. The summed E-state index contributed by atoms with van der Waals surface area (Å²) >= 11 is 0. The fourth-order valence-electron chi connectivity index (χ4n) is 2.31. The van der Waals surface area contributed by atoms with Gasteiger partial charge in [0, 0.05) is 25.2 Å². The van der Waals surface area contributed by atoms with Crippen molar-refractivity contribution in [1.29, 1.82) is 0 Å². The molecule has 1 N–H and O–H groups in total. The lowest BCUT2D eigenvalue weighted by atomic mass is 10.2. The van der Waals surface area contributed by atoms with E-state index in [0.29, 0.717) is 18.6 Å². The third-order valence-corrected chi connectivity index (χ3v) is 3.36. The minimum Gasteiger partial charge on any atom is -0.337 e. The number of carbonyl (C=O) groups is 1. The van der Waals surface area contributed by atoms with Crippen molar-refractivity contribution in [2.45, 2.75) is 45.7 Å². The molecule has 0 aromatic carbocycles. The van der Waals surface area contributed by atoms with Crippen molar-refractivity contribution in [2.24, 2.45) is 0 Å². The first-order valence-corrected chi connectivity index (χ1v) is 6.76. The second-order valence-electron chi connectivity index (χ2n) is 5.30. The van der Waals surface area contributed by atoms with Crippen molar-refractivity contribution in [2.75, 3.05) is 33.2 Å². The molecule has 1 fully saturated rings. The smallest absolute Gasteiger partial charge is 0.236 e. The number of hydrogen-bond acceptors (Lipinski definition) is 3. The van der Waals surface area contributed by atoms with Gasteiger partial charge in [0.25, 0.3) is 0 Å². The molecule has 1 saturated heterocycles. The van der Waals surface area contributed by atoms with Crippen LogP contribution >= 0.6 is 0 Å². The second kappa shape index (κ2) is 6.97. The molecular weight excluding hydrogens is 214 g/mol. The quantitative estimate of drug-likeness (QED) is 0.795. The predicted molar refractivity (Wildman–Crippen MR) is 71.0 cm³/mol. The number of carbonyl (C=O) groups excluding carboxylic acids is 1. The molecule has 4 heteroatoms. The van der Waals surface area contributed by atoms with Gasteiger partial charge in [-0.25, -0.2) is 0 Å². The molecule has 1 aliphatic rings. The fourth-order valence-corrected chi connectivity index (χ4v) is 2.31. The first-order valence-electron chi connectivity index (χ1n) is 6.76. The van der Waals surface area contributed by atoms with Gasteiger partial charge in [0.15, 0.2) is 0 Å². The molecule has 0 bridgehead atoms. The molecule has 100 valence electrons. The average molecular weight is 241 g/mol. The van der Waals surface area contributed by atoms with Crippen molar-refractivity contribution in [1.82, 2.24) is 15.1 Å². The van der Waals surface area contributed by atoms with E-state index in [1.54, 1.807) is 0 Å². The van der Waals surface area contributed by atoms with Crippen LogP contribution in [0.2, 0.25) is 0 Å². The first kappa shape index (κ1) is 14.5. The Balaban J connectivity index is 2.55. The fraction of sp³-hybridized carbons (Fsp3) is 0.923. The molecule has 0 spiro atoms. The molecule has 1 atom stereocenters. The van der Waals surface area contributed by atoms with E-state index in [0.717, 1.165) is 32.5 Å². The average Bonchev–Trinajstić information content (AvgIpc) is 2.47. The van der Waals surface area contributed by atoms with Gasteiger partial charge in [0.05, 0.1) is 6.54 Å². The van der Waals surface area contributed by atoms with Gasteiger partial charge in [-0.3, -0.25) is 4.79 Å². The summed E-state index contributed by atoms with van der Waals surface area (Å²) in [5.74, 6) is 0.251. The van der Waals surface area contributed by atoms with Crippen LogP contribution in [-0.2, 0) is 4.79 Å². The Bertz CT molecular complexity index is 243. The van der Waals surface area contributed by atoms with Crippen molar-refractivity contribution >= 4 is 5.91 Å². The van der Waals surface area contributed by atoms with Crippen LogP contribution in [0.25, 0.3) is 0 Å². The van der Waals surface area contributed by atoms with E-state index < -0.39 is 0 Å². The summed E-state index contributed by atoms with van der Waals surface area (Å²) in [5, 5.41) is 3.21. The standard InChI is InChI=1S/C13H27N3O/c1-5-12-10-15(4)7-6-8-16(12)13(17)9-14-11(2)3/h11-12,14H,5-10H2,1-4H3. The Morgan fingerprint density at radius 2 is 2.12 bits per heavy atom. The van der Waals surface area contributed by atoms with Crippen LogP contribution in [-0.4, -0.2) is 61.0 Å². The summed E-state index contributed by atoms with van der Waals surface area (Å²) in [5.41, 5.74) is 0. The maximum atomic E-state index is 12.2. The van der Waals surface area contributed by atoms with Gasteiger partial charge in [-0.1, -0.05) is 20.8 Å². The van der Waals surface area contributed by atoms with E-state index in [-0.39, 0.29) is 5.91 Å². The van der Waals surface area contributed by atoms with E-state index in [1.165, 1.54) is 0 Å². The lowest BCUT2D eigenvalue weighted by Gasteiger charge is -2.30. The number of nitrogens with zero attached hydrogens (tertiary/aromatic N) is 2. The Labute approximate surface area is 105 Å². The van der Waals surface area contributed by atoms with Crippen LogP contribution in [0.5, 0.6) is 0 Å². The molecule has 0 aromatic heterocycles. The molecule has 1 heterocycles. The highest BCUT2D eigenvalue weighted by Gasteiger charge is 2.25. The van der Waals surface area contributed by atoms with E-state index in [9.17, 15) is 4.79 Å². The predicted octanol–water partition coefficient (Wildman–Crippen LogP) is 0.927. The third-order valence-electron chi connectivity index (χ3n) is 3.36. The molecule has 1 amide bonds. The highest BCUT2D eigenvalue weighted by Crippen LogP contribution is 2.11. The molecule has 0 aliphatic carbocycles.